The van der Waals surface area contributed by atoms with E-state index in [4.69, 9.17) is 4.74 Å². The number of hydrogen-bond donors (Lipinski definition) is 1. The minimum absolute atomic E-state index is 0.0400. The van der Waals surface area contributed by atoms with E-state index in [0.717, 1.165) is 30.2 Å². The zero-order chi connectivity index (χ0) is 23.9. The molecule has 2 rings (SSSR count). The molecular weight excluding hydrogens is 428 g/mol. The fourth-order valence-corrected chi connectivity index (χ4v) is 6.14. The zero-order valence-corrected chi connectivity index (χ0v) is 20.6. The number of rotatable bonds is 10. The van der Waals surface area contributed by atoms with Crippen LogP contribution in [0.25, 0.3) is 0 Å². The number of hydrogen-bond acceptors (Lipinski definition) is 5. The smallest absolute Gasteiger partial charge is 0.325 e. The summed E-state index contributed by atoms with van der Waals surface area (Å²) in [6.45, 7) is 9.65. The number of aliphatic carboxylic acids is 1. The van der Waals surface area contributed by atoms with Gasteiger partial charge in [-0.1, -0.05) is 19.8 Å². The van der Waals surface area contributed by atoms with Crippen LogP contribution in [-0.2, 0) is 14.8 Å². The van der Waals surface area contributed by atoms with Gasteiger partial charge in [-0.15, -0.1) is 5.92 Å². The summed E-state index contributed by atoms with van der Waals surface area (Å²) in [5.41, 5.74) is -1.53. The molecule has 7 nitrogen and oxygen atoms in total. The Morgan fingerprint density at radius 2 is 1.72 bits per heavy atom. The van der Waals surface area contributed by atoms with E-state index in [1.807, 2.05) is 0 Å². The molecule has 1 atom stereocenters. The quantitative estimate of drug-likeness (QED) is 0.534. The van der Waals surface area contributed by atoms with Crippen molar-refractivity contribution in [2.75, 3.05) is 26.7 Å². The predicted molar refractivity (Wildman–Crippen MR) is 125 cm³/mol. The lowest BCUT2D eigenvalue weighted by molar-refractivity contribution is -0.151. The Morgan fingerprint density at radius 1 is 1.16 bits per heavy atom. The van der Waals surface area contributed by atoms with Crippen molar-refractivity contribution in [2.24, 2.45) is 5.92 Å². The molecule has 0 aliphatic heterocycles. The normalized spacial score (nSPS) is 21.0. The molecule has 0 bridgehead atoms. The molecule has 1 aromatic carbocycles. The second-order valence-electron chi connectivity index (χ2n) is 8.34. The Labute approximate surface area is 192 Å². The fourth-order valence-electron chi connectivity index (χ4n) is 4.62. The van der Waals surface area contributed by atoms with Crippen molar-refractivity contribution in [3.8, 4) is 17.6 Å². The first-order chi connectivity index (χ1) is 15.1. The van der Waals surface area contributed by atoms with E-state index in [1.54, 1.807) is 19.1 Å². The highest BCUT2D eigenvalue weighted by atomic mass is 32.2. The van der Waals surface area contributed by atoms with Gasteiger partial charge in [0.15, 0.2) is 0 Å². The van der Waals surface area contributed by atoms with E-state index >= 15 is 0 Å². The number of sulfonamides is 1. The van der Waals surface area contributed by atoms with Gasteiger partial charge in [-0.25, -0.2) is 8.42 Å². The monoisotopic (exact) mass is 464 g/mol. The molecule has 0 aromatic heterocycles. The summed E-state index contributed by atoms with van der Waals surface area (Å²) < 4.78 is 33.2. The van der Waals surface area contributed by atoms with Crippen molar-refractivity contribution in [3.05, 3.63) is 24.3 Å². The maximum Gasteiger partial charge on any atom is 0.325 e. The number of benzene rings is 1. The first kappa shape index (κ1) is 26.2. The molecule has 1 N–H and O–H groups in total. The third kappa shape index (κ3) is 5.45. The molecule has 0 radical (unpaired) electrons. The van der Waals surface area contributed by atoms with Gasteiger partial charge < -0.3 is 14.7 Å². The van der Waals surface area contributed by atoms with Crippen LogP contribution in [0.4, 0.5) is 0 Å². The maximum absolute atomic E-state index is 13.4. The van der Waals surface area contributed by atoms with Crippen molar-refractivity contribution in [1.29, 1.82) is 0 Å². The summed E-state index contributed by atoms with van der Waals surface area (Å²) in [6.07, 6.45) is 3.09. The first-order valence-electron chi connectivity index (χ1n) is 11.2. The lowest BCUT2D eigenvalue weighted by Gasteiger charge is -2.44. The van der Waals surface area contributed by atoms with Crippen LogP contribution in [0.2, 0.25) is 0 Å². The summed E-state index contributed by atoms with van der Waals surface area (Å²) in [7, 11) is -2.64. The molecule has 1 unspecified atom stereocenters. The first-order valence-corrected chi connectivity index (χ1v) is 12.7. The van der Waals surface area contributed by atoms with E-state index < -0.39 is 21.5 Å². The highest BCUT2D eigenvalue weighted by Crippen LogP contribution is 2.40. The lowest BCUT2D eigenvalue weighted by Crippen LogP contribution is -2.59. The van der Waals surface area contributed by atoms with Crippen LogP contribution >= 0.6 is 0 Å². The molecule has 0 spiro atoms. The van der Waals surface area contributed by atoms with E-state index in [1.165, 1.54) is 26.1 Å². The van der Waals surface area contributed by atoms with Gasteiger partial charge in [0.1, 0.15) is 17.9 Å². The number of ether oxygens (including phenoxy) is 1. The maximum atomic E-state index is 13.4. The fraction of sp³-hybridized carbons (Fsp3) is 0.625. The van der Waals surface area contributed by atoms with Crippen LogP contribution < -0.4 is 4.74 Å². The Bertz CT molecular complexity index is 923. The predicted octanol–water partition coefficient (Wildman–Crippen LogP) is 3.45. The largest absolute Gasteiger partial charge is 0.481 e. The Hall–Kier alpha value is -2.08. The number of carboxylic acids is 1. The van der Waals surface area contributed by atoms with Crippen LogP contribution in [0.15, 0.2) is 29.2 Å². The Kier molecular flexibility index (Phi) is 9.14. The summed E-state index contributed by atoms with van der Waals surface area (Å²) in [5.74, 6) is 4.63. The van der Waals surface area contributed by atoms with Crippen LogP contribution in [0.1, 0.15) is 53.4 Å². The van der Waals surface area contributed by atoms with Crippen molar-refractivity contribution < 1.29 is 23.1 Å². The second kappa shape index (κ2) is 11.2. The molecule has 32 heavy (non-hydrogen) atoms. The van der Waals surface area contributed by atoms with E-state index in [-0.39, 0.29) is 17.4 Å². The van der Waals surface area contributed by atoms with E-state index in [0.29, 0.717) is 24.6 Å². The number of nitrogens with zero attached hydrogens (tertiary/aromatic N) is 2. The van der Waals surface area contributed by atoms with Crippen LogP contribution in [-0.4, -0.2) is 67.0 Å². The number of carbonyl (C=O) groups is 1. The van der Waals surface area contributed by atoms with E-state index in [9.17, 15) is 18.3 Å². The van der Waals surface area contributed by atoms with Gasteiger partial charge in [-0.05, 0) is 82.8 Å². The third-order valence-electron chi connectivity index (χ3n) is 6.88. The molecular formula is C24H36N2O5S. The zero-order valence-electron chi connectivity index (χ0n) is 19.8. The van der Waals surface area contributed by atoms with Gasteiger partial charge in [-0.3, -0.25) is 4.79 Å². The van der Waals surface area contributed by atoms with Crippen molar-refractivity contribution in [3.63, 3.8) is 0 Å². The average Bonchev–Trinajstić information content (AvgIpc) is 2.79. The SMILES string of the molecule is CC#CCOc1ccc(S(=O)(=O)N(C)C(C)(C(=O)O)C2CCC(N(CC)CC)CC2)cc1. The lowest BCUT2D eigenvalue weighted by atomic mass is 9.74. The molecule has 1 aliphatic rings. The van der Waals surface area contributed by atoms with E-state index in [2.05, 4.69) is 30.6 Å². The van der Waals surface area contributed by atoms with Crippen molar-refractivity contribution >= 4 is 16.0 Å². The third-order valence-corrected chi connectivity index (χ3v) is 8.85. The van der Waals surface area contributed by atoms with Crippen LogP contribution in [0.3, 0.4) is 0 Å². The van der Waals surface area contributed by atoms with Gasteiger partial charge >= 0.3 is 5.97 Å². The number of carboxylic acid groups (broad SMARTS) is 1. The minimum atomic E-state index is -4.01. The molecule has 1 saturated carbocycles. The molecule has 1 fully saturated rings. The van der Waals surface area contributed by atoms with Crippen LogP contribution in [0.5, 0.6) is 5.75 Å². The molecule has 1 aromatic rings. The number of likely N-dealkylation sites (N-methyl/N-ethyl adjacent to an activating group) is 1. The summed E-state index contributed by atoms with van der Waals surface area (Å²) in [6, 6.07) is 6.43. The molecule has 0 saturated heterocycles. The second-order valence-corrected chi connectivity index (χ2v) is 10.3. The van der Waals surface area contributed by atoms with Gasteiger partial charge in [0, 0.05) is 13.1 Å². The molecule has 0 amide bonds. The van der Waals surface area contributed by atoms with Gasteiger partial charge in [-0.2, -0.15) is 4.31 Å². The molecule has 0 heterocycles. The highest BCUT2D eigenvalue weighted by molar-refractivity contribution is 7.89. The molecule has 1 aliphatic carbocycles. The topological polar surface area (TPSA) is 87.2 Å². The van der Waals surface area contributed by atoms with Crippen LogP contribution in [0, 0.1) is 17.8 Å². The Morgan fingerprint density at radius 3 is 2.19 bits per heavy atom. The van der Waals surface area contributed by atoms with Crippen molar-refractivity contribution in [1.82, 2.24) is 9.21 Å². The summed E-state index contributed by atoms with van der Waals surface area (Å²) >= 11 is 0. The minimum Gasteiger partial charge on any atom is -0.481 e. The average molecular weight is 465 g/mol. The van der Waals surface area contributed by atoms with Gasteiger partial charge in [0.05, 0.1) is 4.90 Å². The Balaban J connectivity index is 2.23. The highest BCUT2D eigenvalue weighted by Gasteiger charge is 2.50. The standard InChI is InChI=1S/C24H36N2O5S/c1-6-9-18-31-21-14-16-22(17-15-21)32(29,30)25(5)24(4,23(27)28)19-10-12-20(13-11-19)26(7-2)8-3/h14-17,19-20H,7-8,10-13,18H2,1-5H3,(H,27,28). The molecule has 8 heteroatoms. The molecule has 178 valence electrons. The summed E-state index contributed by atoms with van der Waals surface area (Å²) in [4.78, 5) is 14.9. The van der Waals surface area contributed by atoms with Crippen molar-refractivity contribution in [2.45, 2.75) is 69.9 Å². The summed E-state index contributed by atoms with van der Waals surface area (Å²) in [5, 5.41) is 10.1. The van der Waals surface area contributed by atoms with Gasteiger partial charge in [0.2, 0.25) is 10.0 Å². The van der Waals surface area contributed by atoms with Gasteiger partial charge in [0.25, 0.3) is 0 Å².